The zero-order valence-electron chi connectivity index (χ0n) is 14.3. The van der Waals surface area contributed by atoms with Crippen molar-refractivity contribution in [2.24, 2.45) is 10.8 Å². The fourth-order valence-electron chi connectivity index (χ4n) is 3.32. The van der Waals surface area contributed by atoms with Gasteiger partial charge in [0.2, 0.25) is 0 Å². The molecule has 1 atom stereocenters. The van der Waals surface area contributed by atoms with Crippen molar-refractivity contribution in [2.45, 2.75) is 79.3 Å². The monoisotopic (exact) mass is 268 g/mol. The predicted molar refractivity (Wildman–Crippen MR) is 85.6 cm³/mol. The summed E-state index contributed by atoms with van der Waals surface area (Å²) < 4.78 is 0. The SMILES string of the molecule is CCNC(C)C(C)(C)CN(C)C1CCC(C)(C)CC1. The molecule has 19 heavy (non-hydrogen) atoms. The average molecular weight is 268 g/mol. The topological polar surface area (TPSA) is 15.3 Å². The molecule has 0 spiro atoms. The van der Waals surface area contributed by atoms with E-state index in [1.807, 2.05) is 0 Å². The standard InChI is InChI=1S/C17H36N2/c1-8-18-14(2)17(5,6)13-19(7)15-9-11-16(3,4)12-10-15/h14-15,18H,8-13H2,1-7H3. The molecule has 1 N–H and O–H groups in total. The molecule has 0 aromatic carbocycles. The van der Waals surface area contributed by atoms with E-state index in [2.05, 4.69) is 58.8 Å². The molecular weight excluding hydrogens is 232 g/mol. The molecule has 1 aliphatic rings. The van der Waals surface area contributed by atoms with Crippen LogP contribution in [0.1, 0.15) is 67.2 Å². The maximum atomic E-state index is 3.58. The van der Waals surface area contributed by atoms with E-state index >= 15 is 0 Å². The number of nitrogens with one attached hydrogen (secondary N) is 1. The molecule has 1 rings (SSSR count). The molecule has 2 heteroatoms. The molecule has 0 heterocycles. The van der Waals surface area contributed by atoms with Gasteiger partial charge in [0.25, 0.3) is 0 Å². The average Bonchev–Trinajstić information content (AvgIpc) is 2.28. The first-order valence-corrected chi connectivity index (χ1v) is 8.11. The van der Waals surface area contributed by atoms with Gasteiger partial charge in [-0.1, -0.05) is 34.6 Å². The van der Waals surface area contributed by atoms with Crippen LogP contribution in [0.2, 0.25) is 0 Å². The van der Waals surface area contributed by atoms with E-state index in [4.69, 9.17) is 0 Å². The van der Waals surface area contributed by atoms with Crippen molar-refractivity contribution in [2.75, 3.05) is 20.1 Å². The first-order chi connectivity index (χ1) is 8.68. The third kappa shape index (κ3) is 5.07. The molecule has 0 amide bonds. The fraction of sp³-hybridized carbons (Fsp3) is 1.00. The highest BCUT2D eigenvalue weighted by Crippen LogP contribution is 2.37. The lowest BCUT2D eigenvalue weighted by Crippen LogP contribution is -2.49. The molecule has 2 nitrogen and oxygen atoms in total. The lowest BCUT2D eigenvalue weighted by molar-refractivity contribution is 0.0826. The van der Waals surface area contributed by atoms with Crippen molar-refractivity contribution in [1.29, 1.82) is 0 Å². The third-order valence-corrected chi connectivity index (χ3v) is 5.27. The van der Waals surface area contributed by atoms with Gasteiger partial charge < -0.3 is 10.2 Å². The summed E-state index contributed by atoms with van der Waals surface area (Å²) in [6.07, 6.45) is 5.50. The maximum Gasteiger partial charge on any atom is 0.0102 e. The summed E-state index contributed by atoms with van der Waals surface area (Å²) in [6, 6.07) is 1.36. The molecule has 0 radical (unpaired) electrons. The lowest BCUT2D eigenvalue weighted by Gasteiger charge is -2.43. The maximum absolute atomic E-state index is 3.58. The first-order valence-electron chi connectivity index (χ1n) is 8.11. The Morgan fingerprint density at radius 2 is 1.79 bits per heavy atom. The molecule has 1 saturated carbocycles. The quantitative estimate of drug-likeness (QED) is 0.785. The van der Waals surface area contributed by atoms with Gasteiger partial charge in [0.1, 0.15) is 0 Å². The van der Waals surface area contributed by atoms with Crippen LogP contribution in [0.3, 0.4) is 0 Å². The summed E-state index contributed by atoms with van der Waals surface area (Å²) in [4.78, 5) is 2.61. The summed E-state index contributed by atoms with van der Waals surface area (Å²) in [7, 11) is 2.32. The van der Waals surface area contributed by atoms with Gasteiger partial charge in [0, 0.05) is 18.6 Å². The molecule has 0 aromatic heterocycles. The second-order valence-corrected chi connectivity index (χ2v) is 8.08. The highest BCUT2D eigenvalue weighted by Gasteiger charge is 2.32. The van der Waals surface area contributed by atoms with Crippen LogP contribution in [0.5, 0.6) is 0 Å². The molecule has 0 aliphatic heterocycles. The van der Waals surface area contributed by atoms with E-state index in [0.29, 0.717) is 16.9 Å². The summed E-state index contributed by atoms with van der Waals surface area (Å²) in [5, 5.41) is 3.58. The molecule has 1 aliphatic carbocycles. The van der Waals surface area contributed by atoms with Gasteiger partial charge in [-0.25, -0.2) is 0 Å². The van der Waals surface area contributed by atoms with Crippen LogP contribution < -0.4 is 5.32 Å². The Kier molecular flexibility index (Phi) is 5.88. The summed E-state index contributed by atoms with van der Waals surface area (Å²) >= 11 is 0. The van der Waals surface area contributed by atoms with Crippen LogP contribution in [0.15, 0.2) is 0 Å². The third-order valence-electron chi connectivity index (χ3n) is 5.27. The van der Waals surface area contributed by atoms with Crippen molar-refractivity contribution in [3.05, 3.63) is 0 Å². The van der Waals surface area contributed by atoms with Crippen molar-refractivity contribution in [3.8, 4) is 0 Å². The minimum Gasteiger partial charge on any atom is -0.314 e. The molecule has 1 unspecified atom stereocenters. The van der Waals surface area contributed by atoms with E-state index in [-0.39, 0.29) is 0 Å². The largest absolute Gasteiger partial charge is 0.314 e. The predicted octanol–water partition coefficient (Wildman–Crippen LogP) is 3.91. The second kappa shape index (κ2) is 6.58. The van der Waals surface area contributed by atoms with Gasteiger partial charge in [0.15, 0.2) is 0 Å². The van der Waals surface area contributed by atoms with E-state index in [1.54, 1.807) is 0 Å². The Hall–Kier alpha value is -0.0800. The molecule has 0 saturated heterocycles. The molecular formula is C17H36N2. The zero-order valence-corrected chi connectivity index (χ0v) is 14.3. The van der Waals surface area contributed by atoms with Crippen LogP contribution in [-0.2, 0) is 0 Å². The van der Waals surface area contributed by atoms with Gasteiger partial charge in [0.05, 0.1) is 0 Å². The van der Waals surface area contributed by atoms with Crippen molar-refractivity contribution >= 4 is 0 Å². The van der Waals surface area contributed by atoms with E-state index in [1.165, 1.54) is 32.2 Å². The summed E-state index contributed by atoms with van der Waals surface area (Å²) in [6.45, 7) is 16.4. The molecule has 0 aromatic rings. The number of nitrogens with zero attached hydrogens (tertiary/aromatic N) is 1. The van der Waals surface area contributed by atoms with E-state index < -0.39 is 0 Å². The van der Waals surface area contributed by atoms with Crippen LogP contribution in [0.25, 0.3) is 0 Å². The van der Waals surface area contributed by atoms with Gasteiger partial charge in [-0.2, -0.15) is 0 Å². The van der Waals surface area contributed by atoms with Crippen LogP contribution in [0, 0.1) is 10.8 Å². The Labute approximate surface area is 121 Å². The van der Waals surface area contributed by atoms with Crippen molar-refractivity contribution in [3.63, 3.8) is 0 Å². The minimum atomic E-state index is 0.331. The number of hydrogen-bond acceptors (Lipinski definition) is 2. The highest BCUT2D eigenvalue weighted by molar-refractivity contribution is 4.88. The van der Waals surface area contributed by atoms with Gasteiger partial charge in [-0.05, 0) is 57.0 Å². The summed E-state index contributed by atoms with van der Waals surface area (Å²) in [5.41, 5.74) is 0.904. The highest BCUT2D eigenvalue weighted by atomic mass is 15.1. The van der Waals surface area contributed by atoms with Gasteiger partial charge in [-0.3, -0.25) is 0 Å². The fourth-order valence-corrected chi connectivity index (χ4v) is 3.32. The first kappa shape index (κ1) is 17.0. The Balaban J connectivity index is 2.48. The molecule has 114 valence electrons. The molecule has 1 fully saturated rings. The normalized spacial score (nSPS) is 22.7. The van der Waals surface area contributed by atoms with E-state index in [9.17, 15) is 0 Å². The number of rotatable bonds is 6. The van der Waals surface area contributed by atoms with Crippen LogP contribution in [-0.4, -0.2) is 37.1 Å². The number of hydrogen-bond donors (Lipinski definition) is 1. The lowest BCUT2D eigenvalue weighted by atomic mass is 9.75. The van der Waals surface area contributed by atoms with E-state index in [0.717, 1.165) is 12.6 Å². The minimum absolute atomic E-state index is 0.331. The van der Waals surface area contributed by atoms with Gasteiger partial charge >= 0.3 is 0 Å². The Bertz CT molecular complexity index is 260. The van der Waals surface area contributed by atoms with Crippen molar-refractivity contribution < 1.29 is 0 Å². The van der Waals surface area contributed by atoms with Crippen molar-refractivity contribution in [1.82, 2.24) is 10.2 Å². The smallest absolute Gasteiger partial charge is 0.0102 e. The second-order valence-electron chi connectivity index (χ2n) is 8.08. The van der Waals surface area contributed by atoms with Crippen LogP contribution >= 0.6 is 0 Å². The molecule has 0 bridgehead atoms. The summed E-state index contributed by atoms with van der Waals surface area (Å²) in [5.74, 6) is 0. The Morgan fingerprint density at radius 3 is 2.26 bits per heavy atom. The zero-order chi connectivity index (χ0) is 14.7. The van der Waals surface area contributed by atoms with Gasteiger partial charge in [-0.15, -0.1) is 0 Å². The Morgan fingerprint density at radius 1 is 1.26 bits per heavy atom. The van der Waals surface area contributed by atoms with Crippen LogP contribution in [0.4, 0.5) is 0 Å².